The molecule has 1 fully saturated rings. The van der Waals surface area contributed by atoms with Gasteiger partial charge in [0.1, 0.15) is 18.5 Å². The lowest BCUT2D eigenvalue weighted by Gasteiger charge is -2.32. The van der Waals surface area contributed by atoms with Crippen molar-refractivity contribution in [2.75, 3.05) is 26.8 Å². The Hall–Kier alpha value is -2.11. The highest BCUT2D eigenvalue weighted by atomic mass is 19.1. The van der Waals surface area contributed by atoms with Crippen LogP contribution in [0.4, 0.5) is 4.39 Å². The predicted octanol–water partition coefficient (Wildman–Crippen LogP) is 4.19. The molecule has 5 heteroatoms. The van der Waals surface area contributed by atoms with Gasteiger partial charge >= 0.3 is 0 Å². The summed E-state index contributed by atoms with van der Waals surface area (Å²) in [7, 11) is 1.67. The molecule has 2 aromatic rings. The second-order valence-electron chi connectivity index (χ2n) is 7.03. The highest BCUT2D eigenvalue weighted by molar-refractivity contribution is 5.29. The first kappa shape index (κ1) is 19.6. The van der Waals surface area contributed by atoms with Crippen LogP contribution >= 0.6 is 0 Å². The van der Waals surface area contributed by atoms with Gasteiger partial charge < -0.3 is 14.6 Å². The minimum absolute atomic E-state index is 0.0762. The molecule has 0 spiro atoms. The van der Waals surface area contributed by atoms with E-state index in [1.54, 1.807) is 25.3 Å². The van der Waals surface area contributed by atoms with E-state index in [4.69, 9.17) is 9.47 Å². The molecule has 0 radical (unpaired) electrons. The fourth-order valence-corrected chi connectivity index (χ4v) is 3.66. The zero-order chi connectivity index (χ0) is 19.1. The quantitative estimate of drug-likeness (QED) is 0.790. The summed E-state index contributed by atoms with van der Waals surface area (Å²) in [6.07, 6.45) is 3.88. The summed E-state index contributed by atoms with van der Waals surface area (Å²) in [6.45, 7) is 1.52. The van der Waals surface area contributed by atoms with Crippen LogP contribution in [-0.2, 0) is 0 Å². The Labute approximate surface area is 160 Å². The number of nitrogens with zero attached hydrogens (tertiary/aromatic N) is 1. The van der Waals surface area contributed by atoms with Gasteiger partial charge in [-0.25, -0.2) is 4.39 Å². The molecule has 0 bridgehead atoms. The number of likely N-dealkylation sites (tertiary alicyclic amines) is 1. The maximum atomic E-state index is 13.7. The minimum atomic E-state index is -0.677. The molecule has 2 aromatic carbocycles. The Morgan fingerprint density at radius 3 is 2.63 bits per heavy atom. The number of aliphatic hydroxyl groups excluding tert-OH is 1. The van der Waals surface area contributed by atoms with Crippen molar-refractivity contribution in [3.63, 3.8) is 0 Å². The van der Waals surface area contributed by atoms with Crippen molar-refractivity contribution in [2.45, 2.75) is 37.8 Å². The van der Waals surface area contributed by atoms with E-state index < -0.39 is 11.9 Å². The number of halogens is 1. The van der Waals surface area contributed by atoms with Crippen molar-refractivity contribution in [1.82, 2.24) is 4.90 Å². The third-order valence-corrected chi connectivity index (χ3v) is 5.08. The van der Waals surface area contributed by atoms with Gasteiger partial charge in [-0.15, -0.1) is 0 Å². The summed E-state index contributed by atoms with van der Waals surface area (Å²) in [5, 5.41) is 10.5. The van der Waals surface area contributed by atoms with Gasteiger partial charge in [0.2, 0.25) is 0 Å². The number of hydrogen-bond donors (Lipinski definition) is 1. The van der Waals surface area contributed by atoms with Crippen LogP contribution in [0.15, 0.2) is 48.5 Å². The summed E-state index contributed by atoms with van der Waals surface area (Å²) in [4.78, 5) is 2.32. The predicted molar refractivity (Wildman–Crippen MR) is 104 cm³/mol. The normalized spacial score (nSPS) is 19.3. The van der Waals surface area contributed by atoms with Gasteiger partial charge in [0.25, 0.3) is 0 Å². The molecule has 0 amide bonds. The molecule has 1 saturated heterocycles. The van der Waals surface area contributed by atoms with Crippen LogP contribution in [0.25, 0.3) is 0 Å². The molecule has 0 unspecified atom stereocenters. The minimum Gasteiger partial charge on any atom is -0.497 e. The smallest absolute Gasteiger partial charge is 0.165 e. The monoisotopic (exact) mass is 373 g/mol. The van der Waals surface area contributed by atoms with Crippen LogP contribution in [0.2, 0.25) is 0 Å². The molecule has 4 nitrogen and oxygen atoms in total. The zero-order valence-corrected chi connectivity index (χ0v) is 15.8. The summed E-state index contributed by atoms with van der Waals surface area (Å²) in [5.74, 6) is 0.618. The lowest BCUT2D eigenvalue weighted by atomic mass is 10.0. The Morgan fingerprint density at radius 2 is 1.89 bits per heavy atom. The number of benzene rings is 2. The number of para-hydroxylation sites is 1. The Bertz CT molecular complexity index is 707. The third kappa shape index (κ3) is 5.44. The van der Waals surface area contributed by atoms with Crippen LogP contribution in [0.3, 0.4) is 0 Å². The maximum Gasteiger partial charge on any atom is 0.165 e. The lowest BCUT2D eigenvalue weighted by molar-refractivity contribution is 0.0514. The Kier molecular flexibility index (Phi) is 7.07. The molecule has 0 aromatic heterocycles. The first-order valence-corrected chi connectivity index (χ1v) is 9.61. The van der Waals surface area contributed by atoms with E-state index in [1.807, 2.05) is 12.1 Å². The summed E-state index contributed by atoms with van der Waals surface area (Å²) in [6, 6.07) is 14.7. The van der Waals surface area contributed by atoms with E-state index in [1.165, 1.54) is 24.5 Å². The second kappa shape index (κ2) is 9.72. The van der Waals surface area contributed by atoms with Crippen LogP contribution < -0.4 is 9.47 Å². The van der Waals surface area contributed by atoms with Gasteiger partial charge in [-0.3, -0.25) is 4.90 Å². The summed E-state index contributed by atoms with van der Waals surface area (Å²) >= 11 is 0. The van der Waals surface area contributed by atoms with Gasteiger partial charge in [-0.05, 0) is 49.2 Å². The van der Waals surface area contributed by atoms with Crippen LogP contribution in [0.5, 0.6) is 11.5 Å². The number of β-amino-alcohol motifs (C(OH)–C–C–N with tert-alkyl or cyclic N) is 1. The first-order valence-electron chi connectivity index (χ1n) is 9.61. The third-order valence-electron chi connectivity index (χ3n) is 5.08. The van der Waals surface area contributed by atoms with Crippen LogP contribution in [0, 0.1) is 5.82 Å². The Morgan fingerprint density at radius 1 is 1.11 bits per heavy atom. The fourth-order valence-electron chi connectivity index (χ4n) is 3.66. The Balaban J connectivity index is 1.63. The standard InChI is InChI=1S/C22H28FNO3/c1-26-19-12-10-17(11-13-19)21-8-3-2-6-14-24(21)15-18(25)16-27-22-9-5-4-7-20(22)23/h4-5,7,9-13,18,21,25H,2-3,6,8,14-16H2,1H3/t18-,21-/m0/s1. The maximum absolute atomic E-state index is 13.7. The van der Waals surface area contributed by atoms with Crippen LogP contribution in [-0.4, -0.2) is 42.9 Å². The van der Waals surface area contributed by atoms with E-state index >= 15 is 0 Å². The topological polar surface area (TPSA) is 41.9 Å². The molecule has 0 aliphatic carbocycles. The number of aliphatic hydroxyl groups is 1. The van der Waals surface area contributed by atoms with Crippen molar-refractivity contribution >= 4 is 0 Å². The van der Waals surface area contributed by atoms with Gasteiger partial charge in [0, 0.05) is 12.6 Å². The molecule has 27 heavy (non-hydrogen) atoms. The molecule has 2 atom stereocenters. The number of rotatable bonds is 7. The molecular formula is C22H28FNO3. The highest BCUT2D eigenvalue weighted by Crippen LogP contribution is 2.31. The van der Waals surface area contributed by atoms with Gasteiger partial charge in [0.15, 0.2) is 11.6 Å². The largest absolute Gasteiger partial charge is 0.497 e. The molecule has 1 heterocycles. The lowest BCUT2D eigenvalue weighted by Crippen LogP contribution is -2.38. The summed E-state index contributed by atoms with van der Waals surface area (Å²) in [5.41, 5.74) is 1.24. The van der Waals surface area contributed by atoms with Gasteiger partial charge in [-0.1, -0.05) is 37.1 Å². The molecule has 1 aliphatic rings. The number of ether oxygens (including phenoxy) is 2. The van der Waals surface area contributed by atoms with Crippen molar-refractivity contribution < 1.29 is 19.0 Å². The van der Waals surface area contributed by atoms with E-state index in [0.29, 0.717) is 6.54 Å². The van der Waals surface area contributed by atoms with E-state index in [2.05, 4.69) is 17.0 Å². The van der Waals surface area contributed by atoms with Crippen molar-refractivity contribution in [3.8, 4) is 11.5 Å². The average Bonchev–Trinajstić information content (AvgIpc) is 2.93. The second-order valence-corrected chi connectivity index (χ2v) is 7.03. The van der Waals surface area contributed by atoms with Crippen LogP contribution in [0.1, 0.15) is 37.3 Å². The van der Waals surface area contributed by atoms with Crippen molar-refractivity contribution in [2.24, 2.45) is 0 Å². The van der Waals surface area contributed by atoms with Gasteiger partial charge in [-0.2, -0.15) is 0 Å². The molecule has 1 aliphatic heterocycles. The molecule has 1 N–H and O–H groups in total. The SMILES string of the molecule is COc1ccc([C@@H]2CCCCCN2C[C@H](O)COc2ccccc2F)cc1. The fraction of sp³-hybridized carbons (Fsp3) is 0.455. The molecule has 146 valence electrons. The first-order chi connectivity index (χ1) is 13.2. The number of hydrogen-bond acceptors (Lipinski definition) is 4. The average molecular weight is 373 g/mol. The molecule has 3 rings (SSSR count). The van der Waals surface area contributed by atoms with E-state index in [0.717, 1.165) is 25.1 Å². The van der Waals surface area contributed by atoms with Gasteiger partial charge in [0.05, 0.1) is 7.11 Å². The zero-order valence-electron chi connectivity index (χ0n) is 15.8. The van der Waals surface area contributed by atoms with E-state index in [9.17, 15) is 9.50 Å². The molecular weight excluding hydrogens is 345 g/mol. The number of methoxy groups -OCH3 is 1. The molecule has 0 saturated carbocycles. The van der Waals surface area contributed by atoms with E-state index in [-0.39, 0.29) is 18.4 Å². The highest BCUT2D eigenvalue weighted by Gasteiger charge is 2.25. The van der Waals surface area contributed by atoms with Crippen molar-refractivity contribution in [3.05, 3.63) is 59.9 Å². The summed E-state index contributed by atoms with van der Waals surface area (Å²) < 4.78 is 24.4. The van der Waals surface area contributed by atoms with Crippen molar-refractivity contribution in [1.29, 1.82) is 0 Å².